The Morgan fingerprint density at radius 1 is 1.20 bits per heavy atom. The zero-order chi connectivity index (χ0) is 17.8. The van der Waals surface area contributed by atoms with Gasteiger partial charge in [-0.15, -0.1) is 0 Å². The summed E-state index contributed by atoms with van der Waals surface area (Å²) in [5.41, 5.74) is 2.97. The van der Waals surface area contributed by atoms with Gasteiger partial charge in [0.1, 0.15) is 17.3 Å². The summed E-state index contributed by atoms with van der Waals surface area (Å²) >= 11 is 0. The van der Waals surface area contributed by atoms with Crippen molar-refractivity contribution in [3.05, 3.63) is 65.5 Å². The van der Waals surface area contributed by atoms with Crippen LogP contribution in [-0.4, -0.2) is 32.8 Å². The van der Waals surface area contributed by atoms with Crippen LogP contribution in [0.3, 0.4) is 0 Å². The fourth-order valence-corrected chi connectivity index (χ4v) is 2.53. The number of carbonyl (C=O) groups excluding carboxylic acids is 1. The molecule has 0 spiro atoms. The van der Waals surface area contributed by atoms with Crippen LogP contribution in [-0.2, 0) is 6.54 Å². The van der Waals surface area contributed by atoms with Gasteiger partial charge in [0.2, 0.25) is 0 Å². The van der Waals surface area contributed by atoms with Crippen molar-refractivity contribution < 1.29 is 9.53 Å². The minimum absolute atomic E-state index is 0.232. The number of para-hydroxylation sites is 2. The van der Waals surface area contributed by atoms with Crippen LogP contribution in [0.5, 0.6) is 5.75 Å². The van der Waals surface area contributed by atoms with Gasteiger partial charge in [0, 0.05) is 17.6 Å². The Hall–Kier alpha value is -3.22. The molecule has 0 atom stereocenters. The molecule has 0 aliphatic heterocycles. The number of hydrogen-bond acceptors (Lipinski definition) is 5. The van der Waals surface area contributed by atoms with E-state index < -0.39 is 0 Å². The average Bonchev–Trinajstić information content (AvgIpc) is 3.09. The van der Waals surface area contributed by atoms with Crippen molar-refractivity contribution in [1.82, 2.24) is 25.1 Å². The summed E-state index contributed by atoms with van der Waals surface area (Å²) in [6, 6.07) is 9.37. The normalized spacial score (nSPS) is 10.5. The van der Waals surface area contributed by atoms with Crippen molar-refractivity contribution in [3.63, 3.8) is 0 Å². The molecule has 128 valence electrons. The van der Waals surface area contributed by atoms with Crippen molar-refractivity contribution in [3.8, 4) is 11.4 Å². The van der Waals surface area contributed by atoms with Crippen LogP contribution in [0.25, 0.3) is 5.69 Å². The van der Waals surface area contributed by atoms with Gasteiger partial charge < -0.3 is 10.1 Å². The molecule has 7 nitrogen and oxygen atoms in total. The number of benzene rings is 1. The Balaban J connectivity index is 1.72. The second kappa shape index (κ2) is 7.12. The van der Waals surface area contributed by atoms with Crippen molar-refractivity contribution >= 4 is 5.91 Å². The molecule has 0 fully saturated rings. The molecule has 0 saturated heterocycles. The van der Waals surface area contributed by atoms with Gasteiger partial charge in [-0.1, -0.05) is 12.1 Å². The third-order valence-electron chi connectivity index (χ3n) is 3.61. The highest BCUT2D eigenvalue weighted by Gasteiger charge is 2.12. The molecule has 1 amide bonds. The maximum Gasteiger partial charge on any atom is 0.254 e. The smallest absolute Gasteiger partial charge is 0.254 e. The van der Waals surface area contributed by atoms with Crippen molar-refractivity contribution in [1.29, 1.82) is 0 Å². The lowest BCUT2D eigenvalue weighted by Gasteiger charge is -2.07. The van der Waals surface area contributed by atoms with Gasteiger partial charge in [-0.3, -0.25) is 4.79 Å². The number of carbonyl (C=O) groups is 1. The maximum absolute atomic E-state index is 12.3. The van der Waals surface area contributed by atoms with E-state index in [1.54, 1.807) is 18.0 Å². The molecule has 0 unspecified atom stereocenters. The summed E-state index contributed by atoms with van der Waals surface area (Å²) in [5, 5.41) is 7.06. The van der Waals surface area contributed by atoms with Gasteiger partial charge in [-0.05, 0) is 32.0 Å². The van der Waals surface area contributed by atoms with Crippen LogP contribution in [0.4, 0.5) is 0 Å². The van der Waals surface area contributed by atoms with Crippen LogP contribution in [0.2, 0.25) is 0 Å². The molecule has 3 rings (SSSR count). The first-order valence-electron chi connectivity index (χ1n) is 7.84. The molecule has 0 bridgehead atoms. The molecule has 1 N–H and O–H groups in total. The summed E-state index contributed by atoms with van der Waals surface area (Å²) in [5.74, 6) is 1.04. The third kappa shape index (κ3) is 3.82. The fraction of sp³-hybridized carbons (Fsp3) is 0.222. The molecule has 0 radical (unpaired) electrons. The number of aryl methyl sites for hydroxylation is 2. The number of rotatable bonds is 5. The number of methoxy groups -OCH3 is 1. The van der Waals surface area contributed by atoms with Gasteiger partial charge in [0.15, 0.2) is 0 Å². The number of nitrogens with zero attached hydrogens (tertiary/aromatic N) is 4. The largest absolute Gasteiger partial charge is 0.494 e. The Bertz CT molecular complexity index is 884. The lowest BCUT2D eigenvalue weighted by Crippen LogP contribution is -2.23. The van der Waals surface area contributed by atoms with E-state index >= 15 is 0 Å². The minimum Gasteiger partial charge on any atom is -0.494 e. The van der Waals surface area contributed by atoms with Crippen LogP contribution in [0.1, 0.15) is 27.6 Å². The quantitative estimate of drug-likeness (QED) is 0.772. The topological polar surface area (TPSA) is 81.9 Å². The molecule has 7 heteroatoms. The summed E-state index contributed by atoms with van der Waals surface area (Å²) in [4.78, 5) is 21.0. The average molecular weight is 337 g/mol. The fourth-order valence-electron chi connectivity index (χ4n) is 2.53. The molecule has 0 saturated carbocycles. The van der Waals surface area contributed by atoms with Crippen molar-refractivity contribution in [2.24, 2.45) is 0 Å². The Labute approximate surface area is 145 Å². The number of amides is 1. The van der Waals surface area contributed by atoms with Crippen LogP contribution >= 0.6 is 0 Å². The minimum atomic E-state index is -0.232. The molecular formula is C18H19N5O2. The molecule has 3 aromatic rings. The second-order valence-corrected chi connectivity index (χ2v) is 5.60. The van der Waals surface area contributed by atoms with Gasteiger partial charge in [-0.2, -0.15) is 5.10 Å². The second-order valence-electron chi connectivity index (χ2n) is 5.60. The van der Waals surface area contributed by atoms with E-state index in [0.29, 0.717) is 17.1 Å². The molecule has 25 heavy (non-hydrogen) atoms. The molecule has 0 aliphatic rings. The molecule has 2 heterocycles. The highest BCUT2D eigenvalue weighted by atomic mass is 16.5. The molecule has 1 aromatic carbocycles. The lowest BCUT2D eigenvalue weighted by atomic mass is 10.3. The van der Waals surface area contributed by atoms with E-state index in [1.807, 2.05) is 44.2 Å². The monoisotopic (exact) mass is 337 g/mol. The first-order chi connectivity index (χ1) is 12.1. The number of aromatic nitrogens is 4. The number of ether oxygens (including phenoxy) is 1. The predicted molar refractivity (Wildman–Crippen MR) is 92.8 cm³/mol. The molecular weight excluding hydrogens is 318 g/mol. The van der Waals surface area contributed by atoms with Crippen molar-refractivity contribution in [2.45, 2.75) is 20.4 Å². The van der Waals surface area contributed by atoms with E-state index in [-0.39, 0.29) is 12.5 Å². The van der Waals surface area contributed by atoms with Crippen LogP contribution < -0.4 is 10.1 Å². The lowest BCUT2D eigenvalue weighted by molar-refractivity contribution is 0.0950. The summed E-state index contributed by atoms with van der Waals surface area (Å²) in [7, 11) is 1.60. The van der Waals surface area contributed by atoms with Gasteiger partial charge in [0.25, 0.3) is 5.91 Å². The highest BCUT2D eigenvalue weighted by Crippen LogP contribution is 2.21. The standard InChI is InChI=1S/C18H19N5O2/c1-12-8-13(2)22-17(21-12)10-19-18(24)14-9-20-23(11-14)15-6-4-5-7-16(15)25-3/h4-9,11H,10H2,1-3H3,(H,19,24). The van der Waals surface area contributed by atoms with Crippen LogP contribution in [0.15, 0.2) is 42.7 Å². The van der Waals surface area contributed by atoms with E-state index in [4.69, 9.17) is 4.74 Å². The molecule has 2 aromatic heterocycles. The van der Waals surface area contributed by atoms with Gasteiger partial charge >= 0.3 is 0 Å². The summed E-state index contributed by atoms with van der Waals surface area (Å²) < 4.78 is 6.93. The van der Waals surface area contributed by atoms with Crippen molar-refractivity contribution in [2.75, 3.05) is 7.11 Å². The Morgan fingerprint density at radius 3 is 2.64 bits per heavy atom. The van der Waals surface area contributed by atoms with E-state index in [9.17, 15) is 4.79 Å². The SMILES string of the molecule is COc1ccccc1-n1cc(C(=O)NCc2nc(C)cc(C)n2)cn1. The first-order valence-corrected chi connectivity index (χ1v) is 7.84. The zero-order valence-electron chi connectivity index (χ0n) is 14.4. The maximum atomic E-state index is 12.3. The predicted octanol–water partition coefficient (Wildman–Crippen LogP) is 2.22. The number of nitrogens with one attached hydrogen (secondary N) is 1. The Morgan fingerprint density at radius 2 is 1.92 bits per heavy atom. The summed E-state index contributed by atoms with van der Waals surface area (Å²) in [6.07, 6.45) is 3.18. The van der Waals surface area contributed by atoms with Gasteiger partial charge in [-0.25, -0.2) is 14.6 Å². The van der Waals surface area contributed by atoms with Crippen LogP contribution in [0, 0.1) is 13.8 Å². The van der Waals surface area contributed by atoms with E-state index in [0.717, 1.165) is 17.1 Å². The van der Waals surface area contributed by atoms with E-state index in [1.165, 1.54) is 6.20 Å². The molecule has 0 aliphatic carbocycles. The highest BCUT2D eigenvalue weighted by molar-refractivity contribution is 5.93. The summed E-state index contributed by atoms with van der Waals surface area (Å²) in [6.45, 7) is 4.07. The third-order valence-corrected chi connectivity index (χ3v) is 3.61. The Kier molecular flexibility index (Phi) is 4.74. The van der Waals surface area contributed by atoms with Gasteiger partial charge in [0.05, 0.1) is 25.4 Å². The number of hydrogen-bond donors (Lipinski definition) is 1. The van der Waals surface area contributed by atoms with E-state index in [2.05, 4.69) is 20.4 Å². The first kappa shape index (κ1) is 16.6. The zero-order valence-corrected chi connectivity index (χ0v) is 14.4.